The largest absolute Gasteiger partial charge is 0.343 e. The molecule has 0 aliphatic carbocycles. The van der Waals surface area contributed by atoms with Gasteiger partial charge in [0.2, 0.25) is 11.8 Å². The first-order valence-electron chi connectivity index (χ1n) is 9.55. The molecule has 25 heavy (non-hydrogen) atoms. The van der Waals surface area contributed by atoms with Crippen LogP contribution in [0.4, 0.5) is 0 Å². The van der Waals surface area contributed by atoms with Crippen molar-refractivity contribution in [3.05, 3.63) is 35.9 Å². The topological polar surface area (TPSA) is 52.7 Å². The molecular weight excluding hydrogens is 314 g/mol. The molecule has 0 bridgehead atoms. The summed E-state index contributed by atoms with van der Waals surface area (Å²) in [5, 5.41) is 3.34. The molecular formula is C20H29N3O2. The summed E-state index contributed by atoms with van der Waals surface area (Å²) in [6.45, 7) is 5.00. The maximum atomic E-state index is 12.7. The van der Waals surface area contributed by atoms with E-state index in [1.807, 2.05) is 28.0 Å². The first-order valence-corrected chi connectivity index (χ1v) is 9.55. The molecule has 2 heterocycles. The highest BCUT2D eigenvalue weighted by molar-refractivity contribution is 5.80. The van der Waals surface area contributed by atoms with Crippen LogP contribution in [0.15, 0.2) is 30.3 Å². The summed E-state index contributed by atoms with van der Waals surface area (Å²) in [7, 11) is 0. The molecule has 2 fully saturated rings. The molecule has 0 unspecified atom stereocenters. The lowest BCUT2D eigenvalue weighted by Gasteiger charge is -2.34. The number of benzene rings is 1. The number of rotatable bonds is 4. The molecule has 2 aliphatic heterocycles. The van der Waals surface area contributed by atoms with E-state index in [0.29, 0.717) is 12.3 Å². The van der Waals surface area contributed by atoms with E-state index < -0.39 is 0 Å². The second kappa shape index (κ2) is 8.99. The minimum Gasteiger partial charge on any atom is -0.343 e. The Morgan fingerprint density at radius 3 is 2.48 bits per heavy atom. The van der Waals surface area contributed by atoms with Crippen molar-refractivity contribution < 1.29 is 9.59 Å². The van der Waals surface area contributed by atoms with Gasteiger partial charge in [0.15, 0.2) is 0 Å². The van der Waals surface area contributed by atoms with Crippen LogP contribution in [-0.2, 0) is 16.0 Å². The highest BCUT2D eigenvalue weighted by Gasteiger charge is 2.30. The number of carbonyl (C=O) groups is 2. The molecule has 1 aromatic carbocycles. The lowest BCUT2D eigenvalue weighted by atomic mass is 9.94. The van der Waals surface area contributed by atoms with E-state index >= 15 is 0 Å². The maximum Gasteiger partial charge on any atom is 0.225 e. The van der Waals surface area contributed by atoms with Crippen LogP contribution in [0.1, 0.15) is 31.2 Å². The Balaban J connectivity index is 1.43. The van der Waals surface area contributed by atoms with Crippen molar-refractivity contribution in [2.24, 2.45) is 5.92 Å². The van der Waals surface area contributed by atoms with Gasteiger partial charge < -0.3 is 15.1 Å². The molecule has 2 amide bonds. The predicted molar refractivity (Wildman–Crippen MR) is 98.1 cm³/mol. The van der Waals surface area contributed by atoms with E-state index in [1.165, 1.54) is 5.56 Å². The summed E-state index contributed by atoms with van der Waals surface area (Å²) >= 11 is 0. The number of nitrogens with zero attached hydrogens (tertiary/aromatic N) is 2. The number of likely N-dealkylation sites (tertiary alicyclic amines) is 1. The van der Waals surface area contributed by atoms with Crippen LogP contribution in [0.2, 0.25) is 0 Å². The standard InChI is InChI=1S/C20H29N3O2/c24-19(8-7-17-5-2-1-3-6-17)22-14-9-18(10-15-22)20(25)23-13-4-11-21-12-16-23/h1-3,5-6,18,21H,4,7-16H2. The van der Waals surface area contributed by atoms with Crippen molar-refractivity contribution in [2.45, 2.75) is 32.1 Å². The summed E-state index contributed by atoms with van der Waals surface area (Å²) in [6.07, 6.45) is 3.99. The monoisotopic (exact) mass is 343 g/mol. The van der Waals surface area contributed by atoms with Gasteiger partial charge in [0.05, 0.1) is 0 Å². The van der Waals surface area contributed by atoms with E-state index in [9.17, 15) is 9.59 Å². The molecule has 5 nitrogen and oxygen atoms in total. The van der Waals surface area contributed by atoms with Crippen LogP contribution in [0.5, 0.6) is 0 Å². The number of carbonyl (C=O) groups excluding carboxylic acids is 2. The van der Waals surface area contributed by atoms with Crippen molar-refractivity contribution in [2.75, 3.05) is 39.3 Å². The molecule has 136 valence electrons. The average molecular weight is 343 g/mol. The maximum absolute atomic E-state index is 12.7. The molecule has 0 atom stereocenters. The Morgan fingerprint density at radius 1 is 0.960 bits per heavy atom. The van der Waals surface area contributed by atoms with Crippen LogP contribution < -0.4 is 5.32 Å². The highest BCUT2D eigenvalue weighted by atomic mass is 16.2. The lowest BCUT2D eigenvalue weighted by Crippen LogP contribution is -2.45. The Hall–Kier alpha value is -1.88. The minimum absolute atomic E-state index is 0.0938. The van der Waals surface area contributed by atoms with Crippen LogP contribution >= 0.6 is 0 Å². The van der Waals surface area contributed by atoms with E-state index in [-0.39, 0.29) is 11.8 Å². The molecule has 2 aliphatic rings. The number of nitrogens with one attached hydrogen (secondary N) is 1. The quantitative estimate of drug-likeness (QED) is 0.905. The Morgan fingerprint density at radius 2 is 1.72 bits per heavy atom. The third kappa shape index (κ3) is 5.05. The third-order valence-electron chi connectivity index (χ3n) is 5.32. The molecule has 0 spiro atoms. The van der Waals surface area contributed by atoms with Crippen molar-refractivity contribution in [1.29, 1.82) is 0 Å². The van der Waals surface area contributed by atoms with E-state index in [1.54, 1.807) is 0 Å². The number of hydrogen-bond acceptors (Lipinski definition) is 3. The van der Waals surface area contributed by atoms with Gasteiger partial charge in [-0.15, -0.1) is 0 Å². The van der Waals surface area contributed by atoms with Gasteiger partial charge in [0.25, 0.3) is 0 Å². The van der Waals surface area contributed by atoms with Gasteiger partial charge in [-0.25, -0.2) is 0 Å². The molecule has 2 saturated heterocycles. The number of piperidine rings is 1. The minimum atomic E-state index is 0.0938. The van der Waals surface area contributed by atoms with Gasteiger partial charge in [0, 0.05) is 45.1 Å². The van der Waals surface area contributed by atoms with Gasteiger partial charge in [-0.2, -0.15) is 0 Å². The Labute approximate surface area is 150 Å². The molecule has 0 radical (unpaired) electrons. The zero-order valence-electron chi connectivity index (χ0n) is 15.0. The van der Waals surface area contributed by atoms with E-state index in [4.69, 9.17) is 0 Å². The van der Waals surface area contributed by atoms with Crippen molar-refractivity contribution >= 4 is 11.8 Å². The Bertz CT molecular complexity index is 560. The van der Waals surface area contributed by atoms with Gasteiger partial charge in [-0.1, -0.05) is 30.3 Å². The van der Waals surface area contributed by atoms with Crippen LogP contribution in [0.25, 0.3) is 0 Å². The molecule has 3 rings (SSSR count). The van der Waals surface area contributed by atoms with Gasteiger partial charge in [-0.05, 0) is 37.8 Å². The third-order valence-corrected chi connectivity index (χ3v) is 5.32. The van der Waals surface area contributed by atoms with Crippen molar-refractivity contribution in [1.82, 2.24) is 15.1 Å². The van der Waals surface area contributed by atoms with Crippen LogP contribution in [0, 0.1) is 5.92 Å². The van der Waals surface area contributed by atoms with Crippen LogP contribution in [0.3, 0.4) is 0 Å². The summed E-state index contributed by atoms with van der Waals surface area (Å²) in [5.41, 5.74) is 1.20. The smallest absolute Gasteiger partial charge is 0.225 e. The van der Waals surface area contributed by atoms with Crippen LogP contribution in [-0.4, -0.2) is 60.9 Å². The molecule has 5 heteroatoms. The number of hydrogen-bond donors (Lipinski definition) is 1. The molecule has 0 saturated carbocycles. The van der Waals surface area contributed by atoms with Crippen molar-refractivity contribution in [3.63, 3.8) is 0 Å². The van der Waals surface area contributed by atoms with Gasteiger partial charge in [-0.3, -0.25) is 9.59 Å². The Kier molecular flexibility index (Phi) is 6.45. The fourth-order valence-electron chi connectivity index (χ4n) is 3.75. The van der Waals surface area contributed by atoms with Gasteiger partial charge in [0.1, 0.15) is 0 Å². The van der Waals surface area contributed by atoms with Gasteiger partial charge >= 0.3 is 0 Å². The summed E-state index contributed by atoms with van der Waals surface area (Å²) in [4.78, 5) is 29.1. The average Bonchev–Trinajstić information content (AvgIpc) is 2.96. The highest BCUT2D eigenvalue weighted by Crippen LogP contribution is 2.21. The second-order valence-corrected chi connectivity index (χ2v) is 7.07. The summed E-state index contributed by atoms with van der Waals surface area (Å²) < 4.78 is 0. The first-order chi connectivity index (χ1) is 12.2. The van der Waals surface area contributed by atoms with E-state index in [0.717, 1.165) is 65.0 Å². The lowest BCUT2D eigenvalue weighted by molar-refractivity contribution is -0.140. The molecule has 1 aromatic rings. The zero-order valence-corrected chi connectivity index (χ0v) is 15.0. The first kappa shape index (κ1) is 17.9. The fraction of sp³-hybridized carbons (Fsp3) is 0.600. The summed E-state index contributed by atoms with van der Waals surface area (Å²) in [5.74, 6) is 0.602. The normalized spacial score (nSPS) is 19.5. The SMILES string of the molecule is O=C(CCc1ccccc1)N1CCC(C(=O)N2CCCNCC2)CC1. The number of aryl methyl sites for hydroxylation is 1. The van der Waals surface area contributed by atoms with Crippen molar-refractivity contribution in [3.8, 4) is 0 Å². The fourth-order valence-corrected chi connectivity index (χ4v) is 3.75. The molecule has 1 N–H and O–H groups in total. The predicted octanol–water partition coefficient (Wildman–Crippen LogP) is 1.68. The number of amides is 2. The molecule has 0 aromatic heterocycles. The summed E-state index contributed by atoms with van der Waals surface area (Å²) in [6, 6.07) is 10.1. The zero-order chi connectivity index (χ0) is 17.5. The van der Waals surface area contributed by atoms with E-state index in [2.05, 4.69) is 17.4 Å². The second-order valence-electron chi connectivity index (χ2n) is 7.07.